The first-order valence-electron chi connectivity index (χ1n) is 3.84. The van der Waals surface area contributed by atoms with Crippen LogP contribution in [0.2, 0.25) is 0 Å². The van der Waals surface area contributed by atoms with Crippen molar-refractivity contribution in [2.45, 2.75) is 12.8 Å². The number of aliphatic carboxylic acids is 1. The zero-order valence-electron chi connectivity index (χ0n) is 7.52. The smallest absolute Gasteiger partial charge is 0.379 e. The largest absolute Gasteiger partial charge is 0.477 e. The summed E-state index contributed by atoms with van der Waals surface area (Å²) in [6.45, 7) is 1.30. The van der Waals surface area contributed by atoms with Gasteiger partial charge in [-0.2, -0.15) is 8.78 Å². The number of hydrogen-bond donors (Lipinski definition) is 1. The lowest BCUT2D eigenvalue weighted by atomic mass is 10.0. The summed E-state index contributed by atoms with van der Waals surface area (Å²) in [6.07, 6.45) is 0. The molecule has 0 unspecified atom stereocenters. The number of carboxylic acids is 1. The molecule has 0 aliphatic rings. The van der Waals surface area contributed by atoms with Crippen LogP contribution in [0, 0.1) is 18.6 Å². The SMILES string of the molecule is Cc1cc(F)c(C(F)(F)C(=O)O)c(F)c1. The molecule has 0 aliphatic heterocycles. The topological polar surface area (TPSA) is 37.3 Å². The Labute approximate surface area is 82.1 Å². The van der Waals surface area contributed by atoms with Crippen LogP contribution in [0.4, 0.5) is 17.6 Å². The van der Waals surface area contributed by atoms with Gasteiger partial charge < -0.3 is 5.11 Å². The number of alkyl halides is 2. The molecule has 1 aromatic rings. The summed E-state index contributed by atoms with van der Waals surface area (Å²) in [5, 5.41) is 8.13. The van der Waals surface area contributed by atoms with Crippen molar-refractivity contribution in [1.29, 1.82) is 0 Å². The lowest BCUT2D eigenvalue weighted by Crippen LogP contribution is -2.28. The highest BCUT2D eigenvalue weighted by molar-refractivity contribution is 5.77. The fourth-order valence-electron chi connectivity index (χ4n) is 1.11. The minimum absolute atomic E-state index is 0.0925. The lowest BCUT2D eigenvalue weighted by molar-refractivity contribution is -0.167. The van der Waals surface area contributed by atoms with Crippen LogP contribution in [0.3, 0.4) is 0 Å². The average molecular weight is 222 g/mol. The lowest BCUT2D eigenvalue weighted by Gasteiger charge is -2.13. The van der Waals surface area contributed by atoms with Gasteiger partial charge in [0.15, 0.2) is 0 Å². The molecular weight excluding hydrogens is 216 g/mol. The van der Waals surface area contributed by atoms with Crippen LogP contribution >= 0.6 is 0 Å². The van der Waals surface area contributed by atoms with Crippen molar-refractivity contribution >= 4 is 5.97 Å². The van der Waals surface area contributed by atoms with Crippen molar-refractivity contribution < 1.29 is 27.5 Å². The van der Waals surface area contributed by atoms with Crippen molar-refractivity contribution in [3.63, 3.8) is 0 Å². The second kappa shape index (κ2) is 3.52. The highest BCUT2D eigenvalue weighted by Crippen LogP contribution is 2.32. The Morgan fingerprint density at radius 3 is 2.00 bits per heavy atom. The van der Waals surface area contributed by atoms with Crippen LogP contribution in [0.5, 0.6) is 0 Å². The van der Waals surface area contributed by atoms with Crippen LogP contribution in [-0.4, -0.2) is 11.1 Å². The van der Waals surface area contributed by atoms with E-state index in [4.69, 9.17) is 5.11 Å². The van der Waals surface area contributed by atoms with E-state index in [1.807, 2.05) is 0 Å². The van der Waals surface area contributed by atoms with Gasteiger partial charge in [0.25, 0.3) is 0 Å². The van der Waals surface area contributed by atoms with Crippen LogP contribution in [0.15, 0.2) is 12.1 Å². The monoisotopic (exact) mass is 222 g/mol. The molecule has 0 aromatic heterocycles. The predicted molar refractivity (Wildman–Crippen MR) is 42.6 cm³/mol. The Hall–Kier alpha value is -1.59. The fraction of sp³-hybridized carbons (Fsp3) is 0.222. The molecule has 0 saturated heterocycles. The van der Waals surface area contributed by atoms with E-state index in [2.05, 4.69) is 0 Å². The number of halogens is 4. The molecule has 0 spiro atoms. The molecule has 0 fully saturated rings. The van der Waals surface area contributed by atoms with Crippen molar-refractivity contribution in [1.82, 2.24) is 0 Å². The minimum Gasteiger partial charge on any atom is -0.477 e. The van der Waals surface area contributed by atoms with E-state index >= 15 is 0 Å². The number of carboxylic acid groups (broad SMARTS) is 1. The van der Waals surface area contributed by atoms with E-state index in [1.54, 1.807) is 0 Å². The molecule has 82 valence electrons. The number of hydrogen-bond acceptors (Lipinski definition) is 1. The first-order valence-corrected chi connectivity index (χ1v) is 3.84. The summed E-state index contributed by atoms with van der Waals surface area (Å²) < 4.78 is 51.7. The van der Waals surface area contributed by atoms with Crippen molar-refractivity contribution in [3.05, 3.63) is 34.9 Å². The molecular formula is C9H6F4O2. The third kappa shape index (κ3) is 1.93. The van der Waals surface area contributed by atoms with Crippen LogP contribution in [0.1, 0.15) is 11.1 Å². The van der Waals surface area contributed by atoms with Gasteiger partial charge in [-0.15, -0.1) is 0 Å². The Balaban J connectivity index is 3.44. The van der Waals surface area contributed by atoms with Gasteiger partial charge in [-0.3, -0.25) is 0 Å². The van der Waals surface area contributed by atoms with Gasteiger partial charge in [-0.25, -0.2) is 13.6 Å². The van der Waals surface area contributed by atoms with Gasteiger partial charge in [-0.1, -0.05) is 0 Å². The van der Waals surface area contributed by atoms with Gasteiger partial charge in [0, 0.05) is 0 Å². The summed E-state index contributed by atoms with van der Waals surface area (Å²) in [4.78, 5) is 10.1. The summed E-state index contributed by atoms with van der Waals surface area (Å²) in [5.41, 5.74) is -1.64. The zero-order valence-corrected chi connectivity index (χ0v) is 7.52. The number of aryl methyl sites for hydroxylation is 1. The third-order valence-electron chi connectivity index (χ3n) is 1.77. The maximum absolute atomic E-state index is 13.0. The average Bonchev–Trinajstić information content (AvgIpc) is 2.00. The number of rotatable bonds is 2. The van der Waals surface area contributed by atoms with Crippen molar-refractivity contribution in [3.8, 4) is 0 Å². The number of carbonyl (C=O) groups is 1. The van der Waals surface area contributed by atoms with Crippen LogP contribution in [-0.2, 0) is 10.7 Å². The van der Waals surface area contributed by atoms with Gasteiger partial charge in [-0.05, 0) is 24.6 Å². The molecule has 2 nitrogen and oxygen atoms in total. The molecule has 1 N–H and O–H groups in total. The number of benzene rings is 1. The van der Waals surface area contributed by atoms with E-state index in [0.717, 1.165) is 0 Å². The maximum atomic E-state index is 13.0. The van der Waals surface area contributed by atoms with Crippen molar-refractivity contribution in [2.24, 2.45) is 0 Å². The van der Waals surface area contributed by atoms with E-state index in [0.29, 0.717) is 12.1 Å². The van der Waals surface area contributed by atoms with Gasteiger partial charge in [0.1, 0.15) is 17.2 Å². The Bertz CT molecular complexity index is 392. The van der Waals surface area contributed by atoms with Crippen LogP contribution in [0.25, 0.3) is 0 Å². The normalized spacial score (nSPS) is 11.5. The molecule has 0 amide bonds. The van der Waals surface area contributed by atoms with E-state index in [-0.39, 0.29) is 5.56 Å². The zero-order chi connectivity index (χ0) is 11.8. The summed E-state index contributed by atoms with van der Waals surface area (Å²) in [6, 6.07) is 1.30. The summed E-state index contributed by atoms with van der Waals surface area (Å²) >= 11 is 0. The molecule has 0 saturated carbocycles. The van der Waals surface area contributed by atoms with Crippen LogP contribution < -0.4 is 0 Å². The van der Waals surface area contributed by atoms with Gasteiger partial charge in [0.05, 0.1) is 0 Å². The molecule has 0 radical (unpaired) electrons. The Morgan fingerprint density at radius 2 is 1.67 bits per heavy atom. The Morgan fingerprint density at radius 1 is 1.27 bits per heavy atom. The summed E-state index contributed by atoms with van der Waals surface area (Å²) in [7, 11) is 0. The molecule has 15 heavy (non-hydrogen) atoms. The highest BCUT2D eigenvalue weighted by Gasteiger charge is 2.45. The molecule has 1 aromatic carbocycles. The second-order valence-corrected chi connectivity index (χ2v) is 2.98. The molecule has 0 heterocycles. The van der Waals surface area contributed by atoms with E-state index in [1.165, 1.54) is 6.92 Å². The second-order valence-electron chi connectivity index (χ2n) is 2.98. The van der Waals surface area contributed by atoms with E-state index in [9.17, 15) is 22.4 Å². The molecule has 6 heteroatoms. The summed E-state index contributed by atoms with van der Waals surface area (Å²) in [5.74, 6) is -10.3. The molecule has 0 bridgehead atoms. The molecule has 0 aliphatic carbocycles. The standard InChI is InChI=1S/C9H6F4O2/c1-4-2-5(10)7(6(11)3-4)9(12,13)8(14)15/h2-3H,1H3,(H,14,15). The first kappa shape index (κ1) is 11.5. The van der Waals surface area contributed by atoms with Gasteiger partial charge in [0.2, 0.25) is 0 Å². The fourth-order valence-corrected chi connectivity index (χ4v) is 1.11. The van der Waals surface area contributed by atoms with Crippen molar-refractivity contribution in [2.75, 3.05) is 0 Å². The van der Waals surface area contributed by atoms with Gasteiger partial charge >= 0.3 is 11.9 Å². The third-order valence-corrected chi connectivity index (χ3v) is 1.77. The highest BCUT2D eigenvalue weighted by atomic mass is 19.3. The van der Waals surface area contributed by atoms with E-state index < -0.39 is 29.1 Å². The maximum Gasteiger partial charge on any atom is 0.379 e. The molecule has 0 atom stereocenters. The predicted octanol–water partition coefficient (Wildman–Crippen LogP) is 2.45. The minimum atomic E-state index is -4.57. The molecule has 1 rings (SSSR count). The quantitative estimate of drug-likeness (QED) is 0.780. The first-order chi connectivity index (χ1) is 6.76. The Kier molecular flexibility index (Phi) is 2.70.